The molecule has 1 aromatic rings. The monoisotopic (exact) mass is 334 g/mol. The van der Waals surface area contributed by atoms with Gasteiger partial charge in [-0.15, -0.1) is 0 Å². The molecule has 0 spiro atoms. The molecule has 1 fully saturated rings. The first kappa shape index (κ1) is 16.0. The molecule has 0 aromatic heterocycles. The summed E-state index contributed by atoms with van der Waals surface area (Å²) in [5.41, 5.74) is 0.407. The van der Waals surface area contributed by atoms with Crippen molar-refractivity contribution in [3.8, 4) is 17.2 Å². The van der Waals surface area contributed by atoms with Crippen LogP contribution in [0.2, 0.25) is 0 Å². The molecule has 0 radical (unpaired) electrons. The first-order valence-corrected chi connectivity index (χ1v) is 8.91. The van der Waals surface area contributed by atoms with Crippen LogP contribution in [0.15, 0.2) is 6.07 Å². The van der Waals surface area contributed by atoms with Crippen molar-refractivity contribution in [1.29, 1.82) is 0 Å². The highest BCUT2D eigenvalue weighted by atomic mass is 16.5. The third-order valence-electron chi connectivity index (χ3n) is 6.61. The van der Waals surface area contributed by atoms with Crippen molar-refractivity contribution < 1.29 is 24.8 Å². The third-order valence-corrected chi connectivity index (χ3v) is 6.61. The van der Waals surface area contributed by atoms with Crippen LogP contribution in [0, 0.1) is 5.92 Å². The van der Waals surface area contributed by atoms with Gasteiger partial charge >= 0.3 is 0 Å². The molecular weight excluding hydrogens is 308 g/mol. The van der Waals surface area contributed by atoms with Crippen LogP contribution in [-0.4, -0.2) is 40.2 Å². The highest BCUT2D eigenvalue weighted by Crippen LogP contribution is 2.66. The number of aliphatic hydroxyl groups is 2. The van der Waals surface area contributed by atoms with Crippen LogP contribution in [0.5, 0.6) is 17.2 Å². The van der Waals surface area contributed by atoms with E-state index >= 15 is 0 Å². The molecule has 24 heavy (non-hydrogen) atoms. The van der Waals surface area contributed by atoms with Gasteiger partial charge in [0.15, 0.2) is 11.5 Å². The minimum absolute atomic E-state index is 0.0360. The number of hydrogen-bond acceptors (Lipinski definition) is 5. The lowest BCUT2D eigenvalue weighted by Crippen LogP contribution is -2.68. The molecule has 1 saturated carbocycles. The molecule has 1 heterocycles. The Kier molecular flexibility index (Phi) is 3.35. The van der Waals surface area contributed by atoms with E-state index < -0.39 is 23.2 Å². The molecule has 1 aromatic carbocycles. The summed E-state index contributed by atoms with van der Waals surface area (Å²) in [5.74, 6) is 0.914. The summed E-state index contributed by atoms with van der Waals surface area (Å²) in [4.78, 5) is 0. The Morgan fingerprint density at radius 3 is 2.83 bits per heavy atom. The second-order valence-electron chi connectivity index (χ2n) is 7.69. The highest BCUT2D eigenvalue weighted by molar-refractivity contribution is 5.66. The van der Waals surface area contributed by atoms with Crippen molar-refractivity contribution in [1.82, 2.24) is 0 Å². The molecule has 5 nitrogen and oxygen atoms in total. The lowest BCUT2D eigenvalue weighted by molar-refractivity contribution is -0.177. The third kappa shape index (κ3) is 1.62. The molecule has 4 rings (SSSR count). The van der Waals surface area contributed by atoms with Crippen LogP contribution in [0.1, 0.15) is 50.7 Å². The van der Waals surface area contributed by atoms with Gasteiger partial charge in [-0.1, -0.05) is 20.3 Å². The maximum atomic E-state index is 11.7. The first-order chi connectivity index (χ1) is 11.4. The van der Waals surface area contributed by atoms with E-state index in [4.69, 9.17) is 9.47 Å². The molecule has 2 aliphatic carbocycles. The van der Waals surface area contributed by atoms with E-state index in [1.165, 1.54) is 7.11 Å². The Morgan fingerprint density at radius 1 is 1.42 bits per heavy atom. The van der Waals surface area contributed by atoms with E-state index in [0.29, 0.717) is 30.8 Å². The molecule has 0 saturated heterocycles. The zero-order valence-electron chi connectivity index (χ0n) is 14.5. The van der Waals surface area contributed by atoms with Crippen LogP contribution < -0.4 is 9.47 Å². The smallest absolute Gasteiger partial charge is 0.203 e. The van der Waals surface area contributed by atoms with E-state index in [1.54, 1.807) is 6.07 Å². The van der Waals surface area contributed by atoms with Gasteiger partial charge in [-0.2, -0.15) is 0 Å². The van der Waals surface area contributed by atoms with Crippen LogP contribution in [0.4, 0.5) is 0 Å². The molecule has 3 aliphatic rings. The standard InChI is InChI=1S/C19H26O5/c1-4-6-18-14-11-8-10(2)19(18,22)7-5-12(20)17(18)24-16(14)15(23-3)13(21)9-11/h9-10,12,17,20-22H,4-8H2,1-3H3/t10-,12+,17+,18+,19-/m1/s1. The lowest BCUT2D eigenvalue weighted by Gasteiger charge is -2.57. The fourth-order valence-corrected chi connectivity index (χ4v) is 5.68. The van der Waals surface area contributed by atoms with E-state index in [9.17, 15) is 15.3 Å². The van der Waals surface area contributed by atoms with Gasteiger partial charge in [-0.05, 0) is 43.2 Å². The first-order valence-electron chi connectivity index (χ1n) is 8.91. The van der Waals surface area contributed by atoms with Gasteiger partial charge in [0.1, 0.15) is 6.10 Å². The maximum Gasteiger partial charge on any atom is 0.203 e. The van der Waals surface area contributed by atoms with Crippen molar-refractivity contribution in [2.24, 2.45) is 5.92 Å². The summed E-state index contributed by atoms with van der Waals surface area (Å²) in [5, 5.41) is 32.8. The van der Waals surface area contributed by atoms with Crippen LogP contribution >= 0.6 is 0 Å². The van der Waals surface area contributed by atoms with Gasteiger partial charge in [0.25, 0.3) is 0 Å². The SMILES string of the molecule is CCC[C@]12c3c4cc(O)c(OC)c3O[C@H]1[C@@H](O)CC[C@@]2(O)[C@H](C)C4. The molecule has 132 valence electrons. The fourth-order valence-electron chi connectivity index (χ4n) is 5.68. The van der Waals surface area contributed by atoms with E-state index in [-0.39, 0.29) is 11.7 Å². The van der Waals surface area contributed by atoms with E-state index in [0.717, 1.165) is 24.0 Å². The van der Waals surface area contributed by atoms with Crippen molar-refractivity contribution in [2.45, 2.75) is 69.2 Å². The summed E-state index contributed by atoms with van der Waals surface area (Å²) in [6.45, 7) is 4.16. The van der Waals surface area contributed by atoms with Crippen LogP contribution in [0.25, 0.3) is 0 Å². The van der Waals surface area contributed by atoms with E-state index in [1.807, 2.05) is 0 Å². The van der Waals surface area contributed by atoms with Gasteiger partial charge < -0.3 is 24.8 Å². The fraction of sp³-hybridized carbons (Fsp3) is 0.684. The normalized spacial score (nSPS) is 39.3. The van der Waals surface area contributed by atoms with Crippen molar-refractivity contribution in [3.63, 3.8) is 0 Å². The zero-order valence-corrected chi connectivity index (χ0v) is 14.5. The van der Waals surface area contributed by atoms with Gasteiger partial charge in [-0.25, -0.2) is 0 Å². The number of phenols is 1. The number of hydrogen-bond donors (Lipinski definition) is 3. The summed E-state index contributed by atoms with van der Waals surface area (Å²) in [7, 11) is 1.50. The Hall–Kier alpha value is -1.46. The predicted octanol–water partition coefficient (Wildman–Crippen LogP) is 2.28. The molecule has 0 bridgehead atoms. The number of ether oxygens (including phenoxy) is 2. The Balaban J connectivity index is 2.07. The average molecular weight is 334 g/mol. The minimum atomic E-state index is -0.910. The molecule has 0 unspecified atom stereocenters. The quantitative estimate of drug-likeness (QED) is 0.790. The predicted molar refractivity (Wildman–Crippen MR) is 88.7 cm³/mol. The molecule has 5 heteroatoms. The number of benzene rings is 1. The largest absolute Gasteiger partial charge is 0.504 e. The zero-order chi connectivity index (χ0) is 17.3. The van der Waals surface area contributed by atoms with Gasteiger partial charge in [0, 0.05) is 5.56 Å². The second-order valence-corrected chi connectivity index (χ2v) is 7.69. The molecule has 0 amide bonds. The minimum Gasteiger partial charge on any atom is -0.504 e. The Morgan fingerprint density at radius 2 is 2.17 bits per heavy atom. The van der Waals surface area contributed by atoms with Crippen molar-refractivity contribution >= 4 is 0 Å². The van der Waals surface area contributed by atoms with E-state index in [2.05, 4.69) is 13.8 Å². The highest BCUT2D eigenvalue weighted by Gasteiger charge is 2.69. The molecule has 5 atom stereocenters. The summed E-state index contributed by atoms with van der Waals surface area (Å²) in [6, 6.07) is 1.75. The van der Waals surface area contributed by atoms with Gasteiger partial charge in [0.2, 0.25) is 5.75 Å². The van der Waals surface area contributed by atoms with Crippen LogP contribution in [0.3, 0.4) is 0 Å². The Labute approximate surface area is 142 Å². The van der Waals surface area contributed by atoms with Gasteiger partial charge in [0.05, 0.1) is 24.2 Å². The summed E-state index contributed by atoms with van der Waals surface area (Å²) < 4.78 is 11.6. The maximum absolute atomic E-state index is 11.7. The van der Waals surface area contributed by atoms with Crippen LogP contribution in [-0.2, 0) is 11.8 Å². The number of aliphatic hydroxyl groups excluding tert-OH is 1. The topological polar surface area (TPSA) is 79.2 Å². The lowest BCUT2D eigenvalue weighted by atomic mass is 9.49. The molecular formula is C19H26O5. The average Bonchev–Trinajstić information content (AvgIpc) is 2.88. The number of rotatable bonds is 3. The summed E-state index contributed by atoms with van der Waals surface area (Å²) in [6.07, 6.45) is 2.27. The Bertz CT molecular complexity index is 687. The molecule has 3 N–H and O–H groups in total. The molecule has 1 aliphatic heterocycles. The summed E-state index contributed by atoms with van der Waals surface area (Å²) >= 11 is 0. The number of methoxy groups -OCH3 is 1. The van der Waals surface area contributed by atoms with Crippen molar-refractivity contribution in [3.05, 3.63) is 17.2 Å². The number of aromatic hydroxyl groups is 1. The van der Waals surface area contributed by atoms with Crippen molar-refractivity contribution in [2.75, 3.05) is 7.11 Å². The number of phenolic OH excluding ortho intramolecular Hbond substituents is 1. The second kappa shape index (κ2) is 5.02. The van der Waals surface area contributed by atoms with Gasteiger partial charge in [-0.3, -0.25) is 0 Å².